The zero-order chi connectivity index (χ0) is 21.5. The quantitative estimate of drug-likeness (QED) is 0.522. The minimum Gasteiger partial charge on any atom is -0.478 e. The number of hydrogen-bond donors (Lipinski definition) is 2. The lowest BCUT2D eigenvalue weighted by Crippen LogP contribution is -2.19. The van der Waals surface area contributed by atoms with E-state index in [1.54, 1.807) is 7.05 Å². The van der Waals surface area contributed by atoms with Gasteiger partial charge in [0.2, 0.25) is 0 Å². The molecule has 1 aliphatic carbocycles. The van der Waals surface area contributed by atoms with Gasteiger partial charge in [-0.3, -0.25) is 10.00 Å². The lowest BCUT2D eigenvalue weighted by atomic mass is 9.98. The summed E-state index contributed by atoms with van der Waals surface area (Å²) in [6.45, 7) is 0.129. The minimum absolute atomic E-state index is 0.0899. The number of aromatic nitrogens is 3. The molecule has 2 heterocycles. The number of rotatable bonds is 4. The summed E-state index contributed by atoms with van der Waals surface area (Å²) < 4.78 is 7.05. The van der Waals surface area contributed by atoms with E-state index in [4.69, 9.17) is 4.74 Å². The van der Waals surface area contributed by atoms with E-state index in [1.165, 1.54) is 17.1 Å². The Balaban J connectivity index is 1.40. The van der Waals surface area contributed by atoms with Crippen molar-refractivity contribution in [2.75, 3.05) is 11.9 Å². The molecule has 0 saturated carbocycles. The number of aryl methyl sites for hydroxylation is 1. The molecule has 0 atom stereocenters. The molecule has 0 spiro atoms. The number of pyridine rings is 1. The number of hydrogen-bond acceptors (Lipinski definition) is 5. The van der Waals surface area contributed by atoms with Crippen LogP contribution in [0.15, 0.2) is 60.9 Å². The average Bonchev–Trinajstić information content (AvgIpc) is 3.31. The van der Waals surface area contributed by atoms with Crippen molar-refractivity contribution < 1.29 is 19.4 Å². The van der Waals surface area contributed by atoms with Gasteiger partial charge in [-0.05, 0) is 22.3 Å². The number of carboxylic acid groups (broad SMARTS) is 1. The second-order valence-corrected chi connectivity index (χ2v) is 7.31. The molecule has 0 bridgehead atoms. The Morgan fingerprint density at radius 1 is 1.06 bits per heavy atom. The number of fused-ring (bicyclic) bond motifs is 4. The monoisotopic (exact) mass is 414 g/mol. The van der Waals surface area contributed by atoms with Crippen LogP contribution in [0.1, 0.15) is 27.4 Å². The third-order valence-electron chi connectivity index (χ3n) is 5.56. The Morgan fingerprint density at radius 2 is 1.71 bits per heavy atom. The van der Waals surface area contributed by atoms with Crippen molar-refractivity contribution in [2.24, 2.45) is 7.05 Å². The van der Waals surface area contributed by atoms with Gasteiger partial charge in [-0.15, -0.1) is 0 Å². The average molecular weight is 414 g/mol. The number of nitrogens with one attached hydrogen (secondary N) is 1. The van der Waals surface area contributed by atoms with Gasteiger partial charge < -0.3 is 9.84 Å². The van der Waals surface area contributed by atoms with Crippen LogP contribution in [0.3, 0.4) is 0 Å². The van der Waals surface area contributed by atoms with Gasteiger partial charge in [-0.1, -0.05) is 48.5 Å². The van der Waals surface area contributed by atoms with Gasteiger partial charge in [-0.2, -0.15) is 5.10 Å². The highest BCUT2D eigenvalue weighted by atomic mass is 16.5. The lowest BCUT2D eigenvalue weighted by molar-refractivity contribution is 0.0697. The van der Waals surface area contributed by atoms with Crippen molar-refractivity contribution in [3.63, 3.8) is 0 Å². The summed E-state index contributed by atoms with van der Waals surface area (Å²) in [5.41, 5.74) is 4.90. The number of aromatic carboxylic acids is 1. The van der Waals surface area contributed by atoms with Crippen LogP contribution >= 0.6 is 0 Å². The molecule has 154 valence electrons. The summed E-state index contributed by atoms with van der Waals surface area (Å²) in [6.07, 6.45) is 1.93. The van der Waals surface area contributed by atoms with Gasteiger partial charge in [0, 0.05) is 19.2 Å². The molecule has 0 radical (unpaired) electrons. The Morgan fingerprint density at radius 3 is 2.35 bits per heavy atom. The maximum Gasteiger partial charge on any atom is 0.411 e. The molecule has 1 aliphatic rings. The first-order chi connectivity index (χ1) is 15.0. The van der Waals surface area contributed by atoms with Crippen molar-refractivity contribution in [1.82, 2.24) is 14.8 Å². The standard InChI is InChI=1S/C23H18N4O4/c1-27-21-17(11-25-27)20(18(10-24-21)22(28)29)26-23(30)31-12-19-15-8-4-2-6-13(15)14-7-3-5-9-16(14)19/h2-11,19H,12H2,1H3,(H,28,29)(H,24,26,30). The molecular weight excluding hydrogens is 396 g/mol. The van der Waals surface area contributed by atoms with E-state index in [0.717, 1.165) is 22.3 Å². The second kappa shape index (κ2) is 7.24. The first kappa shape index (κ1) is 18.8. The highest BCUT2D eigenvalue weighted by Crippen LogP contribution is 2.44. The third-order valence-corrected chi connectivity index (χ3v) is 5.56. The van der Waals surface area contributed by atoms with Crippen molar-refractivity contribution in [3.05, 3.63) is 77.6 Å². The molecule has 0 unspecified atom stereocenters. The zero-order valence-electron chi connectivity index (χ0n) is 16.6. The van der Waals surface area contributed by atoms with Crippen LogP contribution in [-0.2, 0) is 11.8 Å². The number of carbonyl (C=O) groups is 2. The van der Waals surface area contributed by atoms with Gasteiger partial charge in [0.25, 0.3) is 0 Å². The molecular formula is C23H18N4O4. The Hall–Kier alpha value is -4.20. The first-order valence-corrected chi connectivity index (χ1v) is 9.70. The van der Waals surface area contributed by atoms with Crippen molar-refractivity contribution >= 4 is 28.8 Å². The molecule has 8 nitrogen and oxygen atoms in total. The Labute approximate surface area is 177 Å². The zero-order valence-corrected chi connectivity index (χ0v) is 16.6. The van der Waals surface area contributed by atoms with Gasteiger partial charge in [0.15, 0.2) is 5.65 Å². The van der Waals surface area contributed by atoms with E-state index in [9.17, 15) is 14.7 Å². The number of benzene rings is 2. The van der Waals surface area contributed by atoms with Gasteiger partial charge in [0.05, 0.1) is 17.3 Å². The highest BCUT2D eigenvalue weighted by Gasteiger charge is 2.29. The van der Waals surface area contributed by atoms with E-state index in [-0.39, 0.29) is 23.8 Å². The van der Waals surface area contributed by atoms with Crippen LogP contribution in [0, 0.1) is 0 Å². The third kappa shape index (κ3) is 3.09. The van der Waals surface area contributed by atoms with Crippen LogP contribution in [0.5, 0.6) is 0 Å². The van der Waals surface area contributed by atoms with E-state index >= 15 is 0 Å². The summed E-state index contributed by atoms with van der Waals surface area (Å²) in [5, 5.41) is 16.6. The molecule has 2 aromatic carbocycles. The van der Waals surface area contributed by atoms with E-state index in [2.05, 4.69) is 27.5 Å². The molecule has 31 heavy (non-hydrogen) atoms. The second-order valence-electron chi connectivity index (χ2n) is 7.31. The van der Waals surface area contributed by atoms with Crippen LogP contribution in [0.2, 0.25) is 0 Å². The van der Waals surface area contributed by atoms with E-state index < -0.39 is 12.1 Å². The van der Waals surface area contributed by atoms with Gasteiger partial charge in [-0.25, -0.2) is 14.6 Å². The van der Waals surface area contributed by atoms with Crippen molar-refractivity contribution in [3.8, 4) is 11.1 Å². The molecule has 8 heteroatoms. The molecule has 0 fully saturated rings. The summed E-state index contributed by atoms with van der Waals surface area (Å²) in [7, 11) is 1.69. The minimum atomic E-state index is -1.20. The first-order valence-electron chi connectivity index (χ1n) is 9.70. The van der Waals surface area contributed by atoms with Crippen LogP contribution < -0.4 is 5.32 Å². The fourth-order valence-electron chi connectivity index (χ4n) is 4.13. The summed E-state index contributed by atoms with van der Waals surface area (Å²) in [5.74, 6) is -1.29. The van der Waals surface area contributed by atoms with Gasteiger partial charge >= 0.3 is 12.1 Å². The molecule has 4 aromatic rings. The lowest BCUT2D eigenvalue weighted by Gasteiger charge is -2.15. The molecule has 5 rings (SSSR count). The summed E-state index contributed by atoms with van der Waals surface area (Å²) in [6, 6.07) is 16.1. The highest BCUT2D eigenvalue weighted by molar-refractivity contribution is 6.07. The molecule has 2 aromatic heterocycles. The number of carbonyl (C=O) groups excluding carboxylic acids is 1. The van der Waals surface area contributed by atoms with Gasteiger partial charge in [0.1, 0.15) is 12.2 Å². The Bertz CT molecular complexity index is 1300. The molecule has 1 amide bonds. The number of carboxylic acids is 1. The summed E-state index contributed by atoms with van der Waals surface area (Å²) >= 11 is 0. The fourth-order valence-corrected chi connectivity index (χ4v) is 4.13. The Kier molecular flexibility index (Phi) is 4.39. The van der Waals surface area contributed by atoms with E-state index in [0.29, 0.717) is 11.0 Å². The van der Waals surface area contributed by atoms with Crippen LogP contribution in [-0.4, -0.2) is 38.5 Å². The van der Waals surface area contributed by atoms with E-state index in [1.807, 2.05) is 36.4 Å². The predicted octanol–water partition coefficient (Wildman–Crippen LogP) is 4.03. The molecule has 2 N–H and O–H groups in total. The smallest absolute Gasteiger partial charge is 0.411 e. The normalized spacial score (nSPS) is 12.4. The maximum atomic E-state index is 12.6. The number of amides is 1. The maximum absolute atomic E-state index is 12.6. The van der Waals surface area contributed by atoms with Crippen LogP contribution in [0.25, 0.3) is 22.2 Å². The largest absolute Gasteiger partial charge is 0.478 e. The number of ether oxygens (including phenoxy) is 1. The molecule has 0 saturated heterocycles. The fraction of sp³-hybridized carbons (Fsp3) is 0.130. The SMILES string of the molecule is Cn1ncc2c(NC(=O)OCC3c4ccccc4-c4ccccc43)c(C(=O)O)cnc21. The van der Waals surface area contributed by atoms with Crippen LogP contribution in [0.4, 0.5) is 10.5 Å². The molecule has 0 aliphatic heterocycles. The number of anilines is 1. The van der Waals surface area contributed by atoms with Crippen molar-refractivity contribution in [2.45, 2.75) is 5.92 Å². The topological polar surface area (TPSA) is 106 Å². The van der Waals surface area contributed by atoms with Crippen molar-refractivity contribution in [1.29, 1.82) is 0 Å². The summed E-state index contributed by atoms with van der Waals surface area (Å²) in [4.78, 5) is 28.4. The number of nitrogens with zero attached hydrogens (tertiary/aromatic N) is 3. The predicted molar refractivity (Wildman–Crippen MR) is 114 cm³/mol.